The van der Waals surface area contributed by atoms with Crippen LogP contribution < -0.4 is 11.1 Å². The number of carbonyl (C=O) groups is 1. The number of rotatable bonds is 4. The van der Waals surface area contributed by atoms with E-state index in [4.69, 9.17) is 5.73 Å². The largest absolute Gasteiger partial charge is 0.369 e. The Bertz CT molecular complexity index is 164. The number of primary amides is 1. The van der Waals surface area contributed by atoms with Crippen LogP contribution in [0.25, 0.3) is 0 Å². The molecular weight excluding hydrogens is 164 g/mol. The van der Waals surface area contributed by atoms with E-state index in [0.29, 0.717) is 5.92 Å². The van der Waals surface area contributed by atoms with E-state index in [1.54, 1.807) is 0 Å². The Morgan fingerprint density at radius 1 is 1.54 bits per heavy atom. The summed E-state index contributed by atoms with van der Waals surface area (Å²) in [5.41, 5.74) is 5.31. The van der Waals surface area contributed by atoms with Gasteiger partial charge in [0.1, 0.15) is 0 Å². The summed E-state index contributed by atoms with van der Waals surface area (Å²) in [5.74, 6) is 0.683. The van der Waals surface area contributed by atoms with E-state index >= 15 is 0 Å². The van der Waals surface area contributed by atoms with Gasteiger partial charge in [0.25, 0.3) is 0 Å². The Balaban J connectivity index is 2.31. The normalized spacial score (nSPS) is 21.3. The summed E-state index contributed by atoms with van der Waals surface area (Å²) in [6, 6.07) is 0. The van der Waals surface area contributed by atoms with Crippen molar-refractivity contribution in [1.29, 1.82) is 0 Å². The zero-order chi connectivity index (χ0) is 9.68. The summed E-state index contributed by atoms with van der Waals surface area (Å²) in [4.78, 5) is 11.0. The summed E-state index contributed by atoms with van der Waals surface area (Å²) < 4.78 is 0. The molecule has 0 aromatic rings. The first kappa shape index (κ1) is 10.5. The van der Waals surface area contributed by atoms with Crippen LogP contribution in [0.5, 0.6) is 0 Å². The molecule has 1 aliphatic heterocycles. The molecule has 0 saturated carbocycles. The predicted molar refractivity (Wildman–Crippen MR) is 53.2 cm³/mol. The Hall–Kier alpha value is -0.570. The van der Waals surface area contributed by atoms with Crippen molar-refractivity contribution in [2.45, 2.75) is 32.6 Å². The molecule has 3 heteroatoms. The lowest BCUT2D eigenvalue weighted by Crippen LogP contribution is -2.31. The predicted octanol–water partition coefficient (Wildman–Crippen LogP) is 0.888. The van der Waals surface area contributed by atoms with Gasteiger partial charge in [0.15, 0.2) is 0 Å². The van der Waals surface area contributed by atoms with Crippen molar-refractivity contribution in [2.75, 3.05) is 13.1 Å². The van der Waals surface area contributed by atoms with Crippen LogP contribution in [0, 0.1) is 11.8 Å². The number of hydrogen-bond donors (Lipinski definition) is 2. The molecular formula is C10H20N2O. The highest BCUT2D eigenvalue weighted by molar-refractivity contribution is 5.76. The van der Waals surface area contributed by atoms with Crippen LogP contribution >= 0.6 is 0 Å². The van der Waals surface area contributed by atoms with Crippen LogP contribution in [-0.2, 0) is 4.79 Å². The van der Waals surface area contributed by atoms with E-state index in [2.05, 4.69) is 5.32 Å². The van der Waals surface area contributed by atoms with Gasteiger partial charge in [-0.05, 0) is 44.7 Å². The fourth-order valence-corrected chi connectivity index (χ4v) is 2.00. The Kier molecular flexibility index (Phi) is 4.22. The maximum absolute atomic E-state index is 11.0. The van der Waals surface area contributed by atoms with Crippen molar-refractivity contribution in [1.82, 2.24) is 5.32 Å². The molecule has 0 radical (unpaired) electrons. The highest BCUT2D eigenvalue weighted by Crippen LogP contribution is 2.22. The molecule has 0 aliphatic carbocycles. The third-order valence-electron chi connectivity index (χ3n) is 2.97. The maximum Gasteiger partial charge on any atom is 0.220 e. The van der Waals surface area contributed by atoms with Crippen molar-refractivity contribution in [2.24, 2.45) is 17.6 Å². The van der Waals surface area contributed by atoms with Crippen molar-refractivity contribution in [3.05, 3.63) is 0 Å². The second-order valence-electron chi connectivity index (χ2n) is 3.94. The SMILES string of the molecule is CCC(CC1CCNCC1)C(N)=O. The first-order valence-electron chi connectivity index (χ1n) is 5.24. The average molecular weight is 184 g/mol. The van der Waals surface area contributed by atoms with E-state index in [9.17, 15) is 4.79 Å². The summed E-state index contributed by atoms with van der Waals surface area (Å²) in [7, 11) is 0. The molecule has 0 aromatic carbocycles. The highest BCUT2D eigenvalue weighted by atomic mass is 16.1. The zero-order valence-electron chi connectivity index (χ0n) is 8.38. The lowest BCUT2D eigenvalue weighted by atomic mass is 9.86. The summed E-state index contributed by atoms with van der Waals surface area (Å²) in [6.07, 6.45) is 4.28. The molecule has 0 spiro atoms. The van der Waals surface area contributed by atoms with Gasteiger partial charge in [-0.25, -0.2) is 0 Å². The minimum absolute atomic E-state index is 0.100. The number of hydrogen-bond acceptors (Lipinski definition) is 2. The fourth-order valence-electron chi connectivity index (χ4n) is 2.00. The quantitative estimate of drug-likeness (QED) is 0.681. The molecule has 0 aromatic heterocycles. The molecule has 1 unspecified atom stereocenters. The van der Waals surface area contributed by atoms with Gasteiger partial charge in [0.2, 0.25) is 5.91 Å². The van der Waals surface area contributed by atoms with E-state index in [0.717, 1.165) is 25.9 Å². The van der Waals surface area contributed by atoms with E-state index in [1.165, 1.54) is 12.8 Å². The Labute approximate surface area is 80.1 Å². The molecule has 1 amide bonds. The molecule has 1 fully saturated rings. The molecule has 1 heterocycles. The minimum Gasteiger partial charge on any atom is -0.369 e. The summed E-state index contributed by atoms with van der Waals surface area (Å²) >= 11 is 0. The van der Waals surface area contributed by atoms with Crippen molar-refractivity contribution in [3.63, 3.8) is 0 Å². The highest BCUT2D eigenvalue weighted by Gasteiger charge is 2.20. The Morgan fingerprint density at radius 3 is 2.62 bits per heavy atom. The fraction of sp³-hybridized carbons (Fsp3) is 0.900. The first-order chi connectivity index (χ1) is 6.24. The van der Waals surface area contributed by atoms with Gasteiger partial charge in [-0.3, -0.25) is 4.79 Å². The second kappa shape index (κ2) is 5.22. The molecule has 1 aliphatic rings. The van der Waals surface area contributed by atoms with E-state index in [-0.39, 0.29) is 11.8 Å². The van der Waals surface area contributed by atoms with Crippen LogP contribution in [0.1, 0.15) is 32.6 Å². The molecule has 3 nitrogen and oxygen atoms in total. The van der Waals surface area contributed by atoms with Crippen LogP contribution in [0.2, 0.25) is 0 Å². The smallest absolute Gasteiger partial charge is 0.220 e. The van der Waals surface area contributed by atoms with Gasteiger partial charge >= 0.3 is 0 Å². The molecule has 1 saturated heterocycles. The Morgan fingerprint density at radius 2 is 2.15 bits per heavy atom. The maximum atomic E-state index is 11.0. The third kappa shape index (κ3) is 3.35. The molecule has 76 valence electrons. The second-order valence-corrected chi connectivity index (χ2v) is 3.94. The standard InChI is InChI=1S/C10H20N2O/c1-2-9(10(11)13)7-8-3-5-12-6-4-8/h8-9,12H,2-7H2,1H3,(H2,11,13). The average Bonchev–Trinajstić information content (AvgIpc) is 2.15. The number of amides is 1. The van der Waals surface area contributed by atoms with Gasteiger partial charge in [0.05, 0.1) is 0 Å². The molecule has 0 bridgehead atoms. The van der Waals surface area contributed by atoms with Crippen LogP contribution in [0.3, 0.4) is 0 Å². The number of nitrogens with two attached hydrogens (primary N) is 1. The van der Waals surface area contributed by atoms with Crippen LogP contribution in [0.4, 0.5) is 0 Å². The van der Waals surface area contributed by atoms with Crippen LogP contribution in [0.15, 0.2) is 0 Å². The summed E-state index contributed by atoms with van der Waals surface area (Å²) in [5, 5.41) is 3.32. The topological polar surface area (TPSA) is 55.1 Å². The minimum atomic E-state index is -0.124. The monoisotopic (exact) mass is 184 g/mol. The first-order valence-corrected chi connectivity index (χ1v) is 5.24. The molecule has 1 atom stereocenters. The van der Waals surface area contributed by atoms with Crippen LogP contribution in [-0.4, -0.2) is 19.0 Å². The lowest BCUT2D eigenvalue weighted by Gasteiger charge is -2.25. The van der Waals surface area contributed by atoms with E-state index < -0.39 is 0 Å². The van der Waals surface area contributed by atoms with Gasteiger partial charge in [0, 0.05) is 5.92 Å². The van der Waals surface area contributed by atoms with Gasteiger partial charge in [-0.2, -0.15) is 0 Å². The van der Waals surface area contributed by atoms with Crippen molar-refractivity contribution < 1.29 is 4.79 Å². The summed E-state index contributed by atoms with van der Waals surface area (Å²) in [6.45, 7) is 4.23. The van der Waals surface area contributed by atoms with E-state index in [1.807, 2.05) is 6.92 Å². The molecule has 13 heavy (non-hydrogen) atoms. The number of nitrogens with one attached hydrogen (secondary N) is 1. The van der Waals surface area contributed by atoms with Crippen molar-refractivity contribution >= 4 is 5.91 Å². The number of carbonyl (C=O) groups excluding carboxylic acids is 1. The molecule has 3 N–H and O–H groups in total. The van der Waals surface area contributed by atoms with Gasteiger partial charge in [-0.15, -0.1) is 0 Å². The van der Waals surface area contributed by atoms with Crippen molar-refractivity contribution in [3.8, 4) is 0 Å². The third-order valence-corrected chi connectivity index (χ3v) is 2.97. The van der Waals surface area contributed by atoms with Gasteiger partial charge in [-0.1, -0.05) is 6.92 Å². The number of piperidine rings is 1. The lowest BCUT2D eigenvalue weighted by molar-refractivity contribution is -0.122. The van der Waals surface area contributed by atoms with Gasteiger partial charge < -0.3 is 11.1 Å². The molecule has 1 rings (SSSR count). The zero-order valence-corrected chi connectivity index (χ0v) is 8.38.